The van der Waals surface area contributed by atoms with E-state index in [4.69, 9.17) is 9.47 Å². The van der Waals surface area contributed by atoms with E-state index < -0.39 is 17.8 Å². The van der Waals surface area contributed by atoms with Crippen molar-refractivity contribution in [2.45, 2.75) is 13.8 Å². The van der Waals surface area contributed by atoms with Gasteiger partial charge in [0.1, 0.15) is 11.5 Å². The van der Waals surface area contributed by atoms with Gasteiger partial charge in [0, 0.05) is 20.3 Å². The molecule has 31 heavy (non-hydrogen) atoms. The second-order valence-corrected chi connectivity index (χ2v) is 7.84. The Kier molecular flexibility index (Phi) is 6.54. The number of ether oxygens (including phenoxy) is 2. The summed E-state index contributed by atoms with van der Waals surface area (Å²) in [6.45, 7) is 2.89. The smallest absolute Gasteiger partial charge is 0.341 e. The van der Waals surface area contributed by atoms with E-state index in [0.717, 1.165) is 11.3 Å². The molecule has 1 aliphatic heterocycles. The largest absolute Gasteiger partial charge is 0.480 e. The Morgan fingerprint density at radius 2 is 2.10 bits per heavy atom. The van der Waals surface area contributed by atoms with Gasteiger partial charge in [-0.2, -0.15) is 0 Å². The number of hydrogen-bond acceptors (Lipinski definition) is 8. The van der Waals surface area contributed by atoms with Crippen molar-refractivity contribution in [1.29, 1.82) is 0 Å². The van der Waals surface area contributed by atoms with Crippen LogP contribution in [0.1, 0.15) is 32.5 Å². The molecule has 3 rings (SSSR count). The number of carbonyl (C=O) groups excluding carboxylic acids is 4. The molecule has 0 radical (unpaired) electrons. The summed E-state index contributed by atoms with van der Waals surface area (Å²) in [7, 11) is 3.19. The highest BCUT2D eigenvalue weighted by atomic mass is 32.1. The highest BCUT2D eigenvalue weighted by Gasteiger charge is 2.31. The highest BCUT2D eigenvalue weighted by molar-refractivity contribution is 7.18. The van der Waals surface area contributed by atoms with Gasteiger partial charge in [-0.25, -0.2) is 9.78 Å². The van der Waals surface area contributed by atoms with Gasteiger partial charge in [0.05, 0.1) is 17.0 Å². The first-order chi connectivity index (χ1) is 14.7. The van der Waals surface area contributed by atoms with E-state index in [1.165, 1.54) is 16.0 Å². The van der Waals surface area contributed by atoms with Gasteiger partial charge >= 0.3 is 5.97 Å². The summed E-state index contributed by atoms with van der Waals surface area (Å²) in [5, 5.41) is 2.84. The minimum absolute atomic E-state index is 0.122. The number of thiophene rings is 1. The van der Waals surface area contributed by atoms with E-state index in [1.807, 2.05) is 0 Å². The standard InChI is InChI=1S/C20H22N4O6S/c1-5-29-20(28)15-11(2)16(19(27)23(3)4)31-18(15)22-13(25)9-24-14(26)10-30-12-7-6-8-21-17(12)24/h6-8H,5,9-10H2,1-4H3,(H,22,25). The van der Waals surface area contributed by atoms with Crippen LogP contribution < -0.4 is 15.0 Å². The van der Waals surface area contributed by atoms with Crippen LogP contribution in [0, 0.1) is 6.92 Å². The molecule has 164 valence electrons. The lowest BCUT2D eigenvalue weighted by Gasteiger charge is -2.27. The van der Waals surface area contributed by atoms with Crippen LogP contribution in [-0.2, 0) is 14.3 Å². The average Bonchev–Trinajstić information content (AvgIpc) is 3.05. The number of nitrogens with zero attached hydrogens (tertiary/aromatic N) is 3. The van der Waals surface area contributed by atoms with Crippen LogP contribution in [0.25, 0.3) is 0 Å². The maximum atomic E-state index is 12.8. The van der Waals surface area contributed by atoms with Gasteiger partial charge in [0.25, 0.3) is 11.8 Å². The van der Waals surface area contributed by atoms with Crippen molar-refractivity contribution in [2.75, 3.05) is 44.1 Å². The number of nitrogens with one attached hydrogen (secondary N) is 1. The summed E-state index contributed by atoms with van der Waals surface area (Å²) in [4.78, 5) is 57.1. The number of aromatic nitrogens is 1. The number of esters is 1. The van der Waals surface area contributed by atoms with Crippen molar-refractivity contribution < 1.29 is 28.7 Å². The minimum atomic E-state index is -0.640. The van der Waals surface area contributed by atoms with Crippen LogP contribution >= 0.6 is 11.3 Å². The van der Waals surface area contributed by atoms with Gasteiger partial charge in [0.2, 0.25) is 5.91 Å². The Morgan fingerprint density at radius 1 is 1.35 bits per heavy atom. The lowest BCUT2D eigenvalue weighted by atomic mass is 10.1. The molecule has 11 heteroatoms. The highest BCUT2D eigenvalue weighted by Crippen LogP contribution is 2.35. The van der Waals surface area contributed by atoms with Crippen molar-refractivity contribution >= 4 is 45.8 Å². The predicted molar refractivity (Wildman–Crippen MR) is 114 cm³/mol. The molecular weight excluding hydrogens is 424 g/mol. The lowest BCUT2D eigenvalue weighted by Crippen LogP contribution is -2.44. The second-order valence-electron chi connectivity index (χ2n) is 6.82. The topological polar surface area (TPSA) is 118 Å². The molecule has 1 N–H and O–H groups in total. The van der Waals surface area contributed by atoms with Crippen molar-refractivity contribution in [3.05, 3.63) is 34.3 Å². The molecule has 0 fully saturated rings. The maximum absolute atomic E-state index is 12.8. The Bertz CT molecular complexity index is 1050. The number of rotatable bonds is 6. The zero-order valence-electron chi connectivity index (χ0n) is 17.6. The molecule has 0 atom stereocenters. The Balaban J connectivity index is 1.88. The summed E-state index contributed by atoms with van der Waals surface area (Å²) in [6, 6.07) is 3.32. The molecule has 2 aromatic heterocycles. The fourth-order valence-electron chi connectivity index (χ4n) is 2.96. The normalized spacial score (nSPS) is 12.6. The number of amides is 3. The summed E-state index contributed by atoms with van der Waals surface area (Å²) in [5.74, 6) is -1.27. The van der Waals surface area contributed by atoms with Crippen molar-refractivity contribution in [1.82, 2.24) is 9.88 Å². The zero-order valence-corrected chi connectivity index (χ0v) is 18.4. The molecule has 0 spiro atoms. The number of pyridine rings is 1. The third-order valence-corrected chi connectivity index (χ3v) is 5.64. The summed E-state index contributed by atoms with van der Waals surface area (Å²) >= 11 is 0.986. The van der Waals surface area contributed by atoms with Gasteiger partial charge < -0.3 is 19.7 Å². The number of fused-ring (bicyclic) bond motifs is 1. The second kappa shape index (κ2) is 9.13. The third kappa shape index (κ3) is 4.50. The molecule has 0 unspecified atom stereocenters. The third-order valence-electron chi connectivity index (χ3n) is 4.44. The van der Waals surface area contributed by atoms with E-state index in [2.05, 4.69) is 10.3 Å². The van der Waals surface area contributed by atoms with Crippen molar-refractivity contribution in [3.63, 3.8) is 0 Å². The number of carbonyl (C=O) groups is 4. The summed E-state index contributed by atoms with van der Waals surface area (Å²) < 4.78 is 10.4. The first kappa shape index (κ1) is 22.2. The molecule has 3 amide bonds. The fourth-order valence-corrected chi connectivity index (χ4v) is 4.20. The fraction of sp³-hybridized carbons (Fsp3) is 0.350. The first-order valence-electron chi connectivity index (χ1n) is 9.44. The van der Waals surface area contributed by atoms with Crippen molar-refractivity contribution in [3.8, 4) is 5.75 Å². The van der Waals surface area contributed by atoms with Crippen LogP contribution in [0.2, 0.25) is 0 Å². The van der Waals surface area contributed by atoms with Gasteiger partial charge in [-0.15, -0.1) is 11.3 Å². The molecule has 0 aliphatic carbocycles. The van der Waals surface area contributed by atoms with Crippen molar-refractivity contribution in [2.24, 2.45) is 0 Å². The predicted octanol–water partition coefficient (Wildman–Crippen LogP) is 1.69. The SMILES string of the molecule is CCOC(=O)c1c(NC(=O)CN2C(=O)COc3cccnc32)sc(C(=O)N(C)C)c1C. The first-order valence-corrected chi connectivity index (χ1v) is 10.3. The monoisotopic (exact) mass is 446 g/mol. The number of hydrogen-bond donors (Lipinski definition) is 1. The quantitative estimate of drug-likeness (QED) is 0.671. The van der Waals surface area contributed by atoms with Crippen LogP contribution in [0.3, 0.4) is 0 Å². The molecule has 1 aliphatic rings. The van der Waals surface area contributed by atoms with Crippen LogP contribution in [-0.4, -0.2) is 67.4 Å². The molecule has 0 bridgehead atoms. The minimum Gasteiger partial charge on any atom is -0.480 e. The summed E-state index contributed by atoms with van der Waals surface area (Å²) in [6.07, 6.45) is 1.49. The van der Waals surface area contributed by atoms with Crippen LogP contribution in [0.4, 0.5) is 10.8 Å². The van der Waals surface area contributed by atoms with Crippen LogP contribution in [0.5, 0.6) is 5.75 Å². The summed E-state index contributed by atoms with van der Waals surface area (Å²) in [5.41, 5.74) is 0.546. The van der Waals surface area contributed by atoms with E-state index in [-0.39, 0.29) is 42.0 Å². The lowest BCUT2D eigenvalue weighted by molar-refractivity contribution is -0.123. The number of anilines is 2. The van der Waals surface area contributed by atoms with Crippen LogP contribution in [0.15, 0.2) is 18.3 Å². The van der Waals surface area contributed by atoms with Gasteiger partial charge in [0.15, 0.2) is 18.2 Å². The molecule has 3 heterocycles. The van der Waals surface area contributed by atoms with E-state index in [0.29, 0.717) is 16.2 Å². The maximum Gasteiger partial charge on any atom is 0.341 e. The van der Waals surface area contributed by atoms with Gasteiger partial charge in [-0.05, 0) is 31.5 Å². The molecule has 0 saturated carbocycles. The van der Waals surface area contributed by atoms with E-state index >= 15 is 0 Å². The Hall–Kier alpha value is -3.47. The Morgan fingerprint density at radius 3 is 2.77 bits per heavy atom. The average molecular weight is 446 g/mol. The molecule has 0 saturated heterocycles. The van der Waals surface area contributed by atoms with Gasteiger partial charge in [-0.1, -0.05) is 0 Å². The molecule has 2 aromatic rings. The molecular formula is C20H22N4O6S. The Labute approximate surface area is 182 Å². The molecule has 0 aromatic carbocycles. The molecule has 10 nitrogen and oxygen atoms in total. The van der Waals surface area contributed by atoms with Gasteiger partial charge in [-0.3, -0.25) is 19.3 Å². The zero-order chi connectivity index (χ0) is 22.7. The van der Waals surface area contributed by atoms with E-state index in [1.54, 1.807) is 40.1 Å². The van der Waals surface area contributed by atoms with E-state index in [9.17, 15) is 19.2 Å².